The van der Waals surface area contributed by atoms with Gasteiger partial charge in [-0.2, -0.15) is 0 Å². The van der Waals surface area contributed by atoms with Gasteiger partial charge in [-0.05, 0) is 49.9 Å². The fourth-order valence-electron chi connectivity index (χ4n) is 1.97. The van der Waals surface area contributed by atoms with E-state index in [1.54, 1.807) is 0 Å². The van der Waals surface area contributed by atoms with Crippen molar-refractivity contribution in [3.8, 4) is 0 Å². The minimum atomic E-state index is 0.618. The van der Waals surface area contributed by atoms with Crippen molar-refractivity contribution in [3.63, 3.8) is 0 Å². The van der Waals surface area contributed by atoms with Crippen LogP contribution in [0.3, 0.4) is 0 Å². The van der Waals surface area contributed by atoms with Gasteiger partial charge in [0.1, 0.15) is 0 Å². The summed E-state index contributed by atoms with van der Waals surface area (Å²) in [6.07, 6.45) is 2.44. The van der Waals surface area contributed by atoms with E-state index in [1.807, 2.05) is 11.8 Å². The highest BCUT2D eigenvalue weighted by atomic mass is 32.2. The molecule has 1 unspecified atom stereocenters. The maximum atomic E-state index is 3.64. The van der Waals surface area contributed by atoms with E-state index in [0.717, 1.165) is 6.54 Å². The monoisotopic (exact) mass is 265 g/mol. The van der Waals surface area contributed by atoms with E-state index >= 15 is 0 Å². The molecule has 0 saturated heterocycles. The van der Waals surface area contributed by atoms with E-state index in [1.165, 1.54) is 28.9 Å². The highest BCUT2D eigenvalue weighted by Gasteiger charge is 2.08. The van der Waals surface area contributed by atoms with Crippen LogP contribution < -0.4 is 5.32 Å². The molecular formula is C16H27NS. The van der Waals surface area contributed by atoms with Gasteiger partial charge in [-0.1, -0.05) is 26.8 Å². The Balaban J connectivity index is 2.44. The van der Waals surface area contributed by atoms with Gasteiger partial charge >= 0.3 is 0 Å². The molecule has 0 aliphatic rings. The van der Waals surface area contributed by atoms with Gasteiger partial charge in [-0.15, -0.1) is 11.8 Å². The molecule has 0 amide bonds. The normalized spacial score (nSPS) is 13.0. The van der Waals surface area contributed by atoms with Crippen LogP contribution in [-0.4, -0.2) is 17.8 Å². The molecule has 1 N–H and O–H groups in total. The van der Waals surface area contributed by atoms with Crippen LogP contribution in [0.25, 0.3) is 0 Å². The molecule has 0 aliphatic carbocycles. The summed E-state index contributed by atoms with van der Waals surface area (Å²) < 4.78 is 0. The fourth-order valence-corrected chi connectivity index (χ4v) is 3.01. The van der Waals surface area contributed by atoms with Gasteiger partial charge in [0.2, 0.25) is 0 Å². The molecule has 1 nitrogen and oxygen atoms in total. The largest absolute Gasteiger partial charge is 0.313 e. The van der Waals surface area contributed by atoms with Crippen LogP contribution in [-0.2, 0) is 0 Å². The summed E-state index contributed by atoms with van der Waals surface area (Å²) in [5.41, 5.74) is 2.77. The van der Waals surface area contributed by atoms with Crippen molar-refractivity contribution in [3.05, 3.63) is 29.3 Å². The molecule has 0 spiro atoms. The van der Waals surface area contributed by atoms with Gasteiger partial charge < -0.3 is 5.32 Å². The Morgan fingerprint density at radius 2 is 1.78 bits per heavy atom. The summed E-state index contributed by atoms with van der Waals surface area (Å²) in [5, 5.41) is 4.26. The third-order valence-electron chi connectivity index (χ3n) is 3.50. The van der Waals surface area contributed by atoms with Gasteiger partial charge in [-0.25, -0.2) is 0 Å². The van der Waals surface area contributed by atoms with Crippen LogP contribution in [0.15, 0.2) is 23.1 Å². The molecule has 1 aromatic rings. The summed E-state index contributed by atoms with van der Waals surface area (Å²) in [4.78, 5) is 1.39. The van der Waals surface area contributed by atoms with Gasteiger partial charge in [0.25, 0.3) is 0 Å². The minimum Gasteiger partial charge on any atom is -0.313 e. The van der Waals surface area contributed by atoms with Crippen LogP contribution in [0.5, 0.6) is 0 Å². The molecule has 1 rings (SSSR count). The van der Waals surface area contributed by atoms with Crippen LogP contribution in [0.2, 0.25) is 0 Å². The molecule has 2 heteroatoms. The Labute approximate surface area is 117 Å². The van der Waals surface area contributed by atoms with Crippen LogP contribution in [0.1, 0.15) is 44.7 Å². The fraction of sp³-hybridized carbons (Fsp3) is 0.625. The first kappa shape index (κ1) is 15.6. The summed E-state index contributed by atoms with van der Waals surface area (Å²) in [5.74, 6) is 0. The zero-order chi connectivity index (χ0) is 13.5. The number of rotatable bonds is 7. The van der Waals surface area contributed by atoms with Gasteiger partial charge in [0, 0.05) is 22.7 Å². The lowest BCUT2D eigenvalue weighted by molar-refractivity contribution is 0.488. The standard InChI is InChI=1S/C16H27NS/c1-6-15(7-2)17-11-14(5)18-16-9-8-12(3)13(4)10-16/h8-10,14-15,17H,6-7,11H2,1-5H3. The highest BCUT2D eigenvalue weighted by molar-refractivity contribution is 8.00. The average Bonchev–Trinajstić information content (AvgIpc) is 2.35. The second-order valence-electron chi connectivity index (χ2n) is 5.10. The number of hydrogen-bond acceptors (Lipinski definition) is 2. The van der Waals surface area contributed by atoms with E-state index in [9.17, 15) is 0 Å². The number of nitrogens with one attached hydrogen (secondary N) is 1. The molecule has 0 bridgehead atoms. The lowest BCUT2D eigenvalue weighted by Gasteiger charge is -2.18. The Bertz CT molecular complexity index is 358. The van der Waals surface area contributed by atoms with E-state index in [0.29, 0.717) is 11.3 Å². The first-order valence-electron chi connectivity index (χ1n) is 7.04. The zero-order valence-corrected chi connectivity index (χ0v) is 13.2. The van der Waals surface area contributed by atoms with Crippen LogP contribution in [0.4, 0.5) is 0 Å². The second kappa shape index (κ2) is 7.85. The molecular weight excluding hydrogens is 238 g/mol. The number of hydrogen-bond donors (Lipinski definition) is 1. The number of thioether (sulfide) groups is 1. The molecule has 0 heterocycles. The Morgan fingerprint density at radius 1 is 1.11 bits per heavy atom. The Kier molecular flexibility index (Phi) is 6.80. The van der Waals surface area contributed by atoms with Crippen molar-refractivity contribution >= 4 is 11.8 Å². The predicted molar refractivity (Wildman–Crippen MR) is 83.6 cm³/mol. The van der Waals surface area contributed by atoms with E-state index in [4.69, 9.17) is 0 Å². The van der Waals surface area contributed by atoms with Crippen molar-refractivity contribution in [1.29, 1.82) is 0 Å². The third-order valence-corrected chi connectivity index (χ3v) is 4.59. The quantitative estimate of drug-likeness (QED) is 0.725. The second-order valence-corrected chi connectivity index (χ2v) is 6.61. The van der Waals surface area contributed by atoms with Gasteiger partial charge in [0.05, 0.1) is 0 Å². The molecule has 0 radical (unpaired) electrons. The summed E-state index contributed by atoms with van der Waals surface area (Å²) in [6, 6.07) is 7.43. The van der Waals surface area contributed by atoms with Crippen molar-refractivity contribution in [1.82, 2.24) is 5.32 Å². The van der Waals surface area contributed by atoms with E-state index < -0.39 is 0 Å². The number of aryl methyl sites for hydroxylation is 2. The molecule has 0 aromatic heterocycles. The lowest BCUT2D eigenvalue weighted by atomic mass is 10.1. The number of benzene rings is 1. The van der Waals surface area contributed by atoms with Crippen LogP contribution >= 0.6 is 11.8 Å². The first-order valence-corrected chi connectivity index (χ1v) is 7.92. The molecule has 0 saturated carbocycles. The summed E-state index contributed by atoms with van der Waals surface area (Å²) >= 11 is 1.97. The average molecular weight is 265 g/mol. The SMILES string of the molecule is CCC(CC)NCC(C)Sc1ccc(C)c(C)c1. The Hall–Kier alpha value is -0.470. The first-order chi connectivity index (χ1) is 8.56. The maximum absolute atomic E-state index is 3.64. The van der Waals surface area contributed by atoms with Crippen molar-refractivity contribution < 1.29 is 0 Å². The third kappa shape index (κ3) is 5.03. The Morgan fingerprint density at radius 3 is 2.33 bits per heavy atom. The lowest BCUT2D eigenvalue weighted by Crippen LogP contribution is -2.32. The maximum Gasteiger partial charge on any atom is 0.0191 e. The molecule has 0 fully saturated rings. The van der Waals surface area contributed by atoms with Gasteiger partial charge in [0.15, 0.2) is 0 Å². The van der Waals surface area contributed by atoms with Gasteiger partial charge in [-0.3, -0.25) is 0 Å². The van der Waals surface area contributed by atoms with Crippen molar-refractivity contribution in [2.45, 2.75) is 63.6 Å². The van der Waals surface area contributed by atoms with Crippen molar-refractivity contribution in [2.75, 3.05) is 6.54 Å². The topological polar surface area (TPSA) is 12.0 Å². The molecule has 102 valence electrons. The zero-order valence-electron chi connectivity index (χ0n) is 12.4. The van der Waals surface area contributed by atoms with Crippen LogP contribution in [0, 0.1) is 13.8 Å². The molecule has 1 aromatic carbocycles. The highest BCUT2D eigenvalue weighted by Crippen LogP contribution is 2.25. The predicted octanol–water partition coefficient (Wildman–Crippen LogP) is 4.56. The molecule has 1 atom stereocenters. The molecule has 18 heavy (non-hydrogen) atoms. The molecule has 0 aliphatic heterocycles. The van der Waals surface area contributed by atoms with Crippen molar-refractivity contribution in [2.24, 2.45) is 0 Å². The minimum absolute atomic E-state index is 0.618. The van der Waals surface area contributed by atoms with E-state index in [2.05, 4.69) is 58.1 Å². The summed E-state index contributed by atoms with van der Waals surface area (Å²) in [6.45, 7) is 12.2. The van der Waals surface area contributed by atoms with E-state index in [-0.39, 0.29) is 0 Å². The summed E-state index contributed by atoms with van der Waals surface area (Å²) in [7, 11) is 0. The smallest absolute Gasteiger partial charge is 0.0191 e.